The van der Waals surface area contributed by atoms with Crippen LogP contribution in [0.2, 0.25) is 0 Å². The molecule has 3 aromatic carbocycles. The second kappa shape index (κ2) is 12.9. The Balaban J connectivity index is 0.000000189. The summed E-state index contributed by atoms with van der Waals surface area (Å²) in [6.45, 7) is 0.358. The lowest BCUT2D eigenvalue weighted by Gasteiger charge is -2.15. The summed E-state index contributed by atoms with van der Waals surface area (Å²) in [7, 11) is 0. The number of carbonyl (C=O) groups excluding carboxylic acids is 1. The van der Waals surface area contributed by atoms with Crippen molar-refractivity contribution in [1.29, 1.82) is 5.26 Å². The average molecular weight is 439 g/mol. The molecule has 1 fully saturated rings. The van der Waals surface area contributed by atoms with Crippen molar-refractivity contribution < 1.29 is 9.53 Å². The number of hydrogen-bond acceptors (Lipinski definition) is 4. The van der Waals surface area contributed by atoms with Gasteiger partial charge in [0.05, 0.1) is 23.8 Å². The van der Waals surface area contributed by atoms with Crippen LogP contribution >= 0.6 is 0 Å². The minimum Gasteiger partial charge on any atom is -0.462 e. The highest BCUT2D eigenvalue weighted by atomic mass is 16.5. The van der Waals surface area contributed by atoms with Crippen molar-refractivity contribution >= 4 is 17.2 Å². The molecular formula is C29H30N2O2. The minimum absolute atomic E-state index is 0.358. The van der Waals surface area contributed by atoms with Gasteiger partial charge in [0.1, 0.15) is 0 Å². The molecule has 0 saturated heterocycles. The molecule has 0 spiro atoms. The summed E-state index contributed by atoms with van der Waals surface area (Å²) < 4.78 is 5.19. The molecule has 1 saturated carbocycles. The standard InChI is InChI=1S/C15H15NO2.C14H15N/c16-14-9-5-4-8-13(14)15(17)18-11-10-12-6-2-1-3-7-12;15-11-14(12-7-3-1-4-8-12)13-9-5-2-6-10-13/h1-9H,10-11,16H2;1,3-4,7-8H,2,5-6,9-10H2. The van der Waals surface area contributed by atoms with Gasteiger partial charge in [0.2, 0.25) is 0 Å². The Morgan fingerprint density at radius 3 is 2.09 bits per heavy atom. The van der Waals surface area contributed by atoms with Crippen LogP contribution < -0.4 is 5.73 Å². The maximum Gasteiger partial charge on any atom is 0.340 e. The Morgan fingerprint density at radius 1 is 0.848 bits per heavy atom. The van der Waals surface area contributed by atoms with E-state index in [0.717, 1.165) is 29.5 Å². The third kappa shape index (κ3) is 7.36. The molecule has 1 aliphatic carbocycles. The van der Waals surface area contributed by atoms with Crippen molar-refractivity contribution in [1.82, 2.24) is 0 Å². The van der Waals surface area contributed by atoms with Crippen LogP contribution in [0.5, 0.6) is 0 Å². The minimum atomic E-state index is -0.371. The fourth-order valence-corrected chi connectivity index (χ4v) is 3.85. The molecule has 0 aromatic heterocycles. The highest BCUT2D eigenvalue weighted by Gasteiger charge is 2.12. The van der Waals surface area contributed by atoms with E-state index in [1.54, 1.807) is 24.3 Å². The van der Waals surface area contributed by atoms with Crippen molar-refractivity contribution in [2.24, 2.45) is 0 Å². The number of allylic oxidation sites excluding steroid dienone is 2. The van der Waals surface area contributed by atoms with Crippen LogP contribution in [-0.2, 0) is 11.2 Å². The quantitative estimate of drug-likeness (QED) is 0.277. The third-order valence-electron chi connectivity index (χ3n) is 5.63. The Labute approximate surface area is 196 Å². The number of esters is 1. The highest BCUT2D eigenvalue weighted by molar-refractivity contribution is 5.94. The third-order valence-corrected chi connectivity index (χ3v) is 5.63. The van der Waals surface area contributed by atoms with Crippen molar-refractivity contribution in [3.8, 4) is 6.07 Å². The predicted octanol–water partition coefficient (Wildman–Crippen LogP) is 6.60. The topological polar surface area (TPSA) is 76.1 Å². The van der Waals surface area contributed by atoms with E-state index in [1.807, 2.05) is 60.7 Å². The lowest BCUT2D eigenvalue weighted by atomic mass is 9.89. The number of benzene rings is 3. The molecule has 0 amide bonds. The number of nitriles is 1. The first kappa shape index (κ1) is 23.8. The van der Waals surface area contributed by atoms with Crippen LogP contribution in [0.15, 0.2) is 90.5 Å². The molecule has 0 bridgehead atoms. The van der Waals surface area contributed by atoms with Crippen LogP contribution in [0.4, 0.5) is 5.69 Å². The predicted molar refractivity (Wildman–Crippen MR) is 133 cm³/mol. The van der Waals surface area contributed by atoms with E-state index in [1.165, 1.54) is 24.8 Å². The van der Waals surface area contributed by atoms with E-state index in [4.69, 9.17) is 10.5 Å². The summed E-state index contributed by atoms with van der Waals surface area (Å²) in [5, 5.41) is 9.22. The summed E-state index contributed by atoms with van der Waals surface area (Å²) in [5.41, 5.74) is 11.1. The molecular weight excluding hydrogens is 408 g/mol. The van der Waals surface area contributed by atoms with E-state index in [-0.39, 0.29) is 5.97 Å². The molecule has 33 heavy (non-hydrogen) atoms. The molecule has 3 aromatic rings. The first-order valence-corrected chi connectivity index (χ1v) is 11.4. The molecule has 0 aliphatic heterocycles. The smallest absolute Gasteiger partial charge is 0.340 e. The maximum atomic E-state index is 11.8. The van der Waals surface area contributed by atoms with Crippen molar-refractivity contribution in [2.45, 2.75) is 38.5 Å². The molecule has 168 valence electrons. The van der Waals surface area contributed by atoms with Gasteiger partial charge in [-0.3, -0.25) is 0 Å². The Kier molecular flexibility index (Phi) is 9.29. The van der Waals surface area contributed by atoms with Gasteiger partial charge in [-0.05, 0) is 48.9 Å². The van der Waals surface area contributed by atoms with Gasteiger partial charge in [0, 0.05) is 12.1 Å². The highest BCUT2D eigenvalue weighted by Crippen LogP contribution is 2.30. The first-order chi connectivity index (χ1) is 16.2. The molecule has 0 radical (unpaired) electrons. The maximum absolute atomic E-state index is 11.8. The van der Waals surface area contributed by atoms with Crippen LogP contribution in [0.1, 0.15) is 53.6 Å². The molecule has 4 nitrogen and oxygen atoms in total. The van der Waals surface area contributed by atoms with E-state index < -0.39 is 0 Å². The number of hydrogen-bond donors (Lipinski definition) is 1. The van der Waals surface area contributed by atoms with Gasteiger partial charge in [-0.15, -0.1) is 0 Å². The first-order valence-electron chi connectivity index (χ1n) is 11.4. The van der Waals surface area contributed by atoms with Gasteiger partial charge in [-0.25, -0.2) is 4.79 Å². The molecule has 4 heteroatoms. The Bertz CT molecular complexity index is 1090. The van der Waals surface area contributed by atoms with Crippen LogP contribution in [0.25, 0.3) is 5.57 Å². The summed E-state index contributed by atoms with van der Waals surface area (Å²) in [4.78, 5) is 11.8. The number of anilines is 1. The number of nitrogens with zero attached hydrogens (tertiary/aromatic N) is 1. The van der Waals surface area contributed by atoms with E-state index in [0.29, 0.717) is 24.3 Å². The molecule has 0 atom stereocenters. The number of para-hydroxylation sites is 1. The molecule has 0 heterocycles. The number of carbonyl (C=O) groups is 1. The second-order valence-electron chi connectivity index (χ2n) is 7.98. The number of rotatable bonds is 5. The van der Waals surface area contributed by atoms with Crippen molar-refractivity contribution in [2.75, 3.05) is 12.3 Å². The zero-order valence-electron chi connectivity index (χ0n) is 18.9. The molecule has 1 aliphatic rings. The summed E-state index contributed by atoms with van der Waals surface area (Å²) >= 11 is 0. The Morgan fingerprint density at radius 2 is 1.45 bits per heavy atom. The van der Waals surface area contributed by atoms with Gasteiger partial charge in [0.15, 0.2) is 0 Å². The molecule has 0 unspecified atom stereocenters. The van der Waals surface area contributed by atoms with Crippen LogP contribution in [0, 0.1) is 11.3 Å². The van der Waals surface area contributed by atoms with E-state index >= 15 is 0 Å². The van der Waals surface area contributed by atoms with Gasteiger partial charge >= 0.3 is 5.97 Å². The molecule has 2 N–H and O–H groups in total. The largest absolute Gasteiger partial charge is 0.462 e. The van der Waals surface area contributed by atoms with E-state index in [9.17, 15) is 10.1 Å². The zero-order chi connectivity index (χ0) is 23.3. The Hall–Kier alpha value is -3.84. The SMILES string of the molecule is N#CC(=C1CCCCC1)c1ccccc1.Nc1ccccc1C(=O)OCCc1ccccc1. The fourth-order valence-electron chi connectivity index (χ4n) is 3.85. The second-order valence-corrected chi connectivity index (χ2v) is 7.98. The van der Waals surface area contributed by atoms with E-state index in [2.05, 4.69) is 6.07 Å². The number of ether oxygens (including phenoxy) is 1. The number of nitrogens with two attached hydrogens (primary N) is 1. The monoisotopic (exact) mass is 438 g/mol. The van der Waals surface area contributed by atoms with Gasteiger partial charge in [-0.1, -0.05) is 84.8 Å². The summed E-state index contributed by atoms with van der Waals surface area (Å²) in [5.74, 6) is -0.371. The molecule has 4 rings (SSSR count). The number of nitrogen functional groups attached to an aromatic ring is 1. The summed E-state index contributed by atoms with van der Waals surface area (Å²) in [6.07, 6.45) is 6.73. The van der Waals surface area contributed by atoms with Gasteiger partial charge in [0.25, 0.3) is 0 Å². The lowest BCUT2D eigenvalue weighted by molar-refractivity contribution is 0.0510. The van der Waals surface area contributed by atoms with Crippen molar-refractivity contribution in [3.63, 3.8) is 0 Å². The van der Waals surface area contributed by atoms with Gasteiger partial charge in [-0.2, -0.15) is 5.26 Å². The average Bonchev–Trinajstić information content (AvgIpc) is 2.87. The summed E-state index contributed by atoms with van der Waals surface area (Å²) in [6, 6.07) is 29.2. The van der Waals surface area contributed by atoms with Crippen LogP contribution in [-0.4, -0.2) is 12.6 Å². The zero-order valence-corrected chi connectivity index (χ0v) is 18.9. The van der Waals surface area contributed by atoms with Gasteiger partial charge < -0.3 is 10.5 Å². The lowest BCUT2D eigenvalue weighted by Crippen LogP contribution is -2.10. The fraction of sp³-hybridized carbons (Fsp3) is 0.241. The normalized spacial score (nSPS) is 12.6. The van der Waals surface area contributed by atoms with Crippen LogP contribution in [0.3, 0.4) is 0 Å². The van der Waals surface area contributed by atoms with Crippen molar-refractivity contribution in [3.05, 3.63) is 107 Å².